The van der Waals surface area contributed by atoms with Crippen molar-refractivity contribution in [2.45, 2.75) is 122 Å². The van der Waals surface area contributed by atoms with Crippen molar-refractivity contribution in [1.82, 2.24) is 10.1 Å². The monoisotopic (exact) mass is 488 g/mol. The quantitative estimate of drug-likeness (QED) is 0.560. The Hall–Kier alpha value is -1.22. The first-order valence-electron chi connectivity index (χ1n) is 13.3. The van der Waals surface area contributed by atoms with Crippen LogP contribution < -0.4 is 0 Å². The van der Waals surface area contributed by atoms with Crippen LogP contribution in [0.15, 0.2) is 0 Å². The van der Waals surface area contributed by atoms with Gasteiger partial charge in [-0.2, -0.15) is 0 Å². The third-order valence-electron chi connectivity index (χ3n) is 10.8. The van der Waals surface area contributed by atoms with Gasteiger partial charge in [-0.25, -0.2) is 0 Å². The Kier molecular flexibility index (Phi) is 4.43. The minimum atomic E-state index is -0.716. The van der Waals surface area contributed by atoms with Gasteiger partial charge >= 0.3 is 11.9 Å². The van der Waals surface area contributed by atoms with Gasteiger partial charge in [-0.3, -0.25) is 9.59 Å². The number of carbonyl (C=O) groups is 2. The Morgan fingerprint density at radius 3 is 1.14 bits per heavy atom. The van der Waals surface area contributed by atoms with Crippen molar-refractivity contribution in [2.75, 3.05) is 0 Å². The van der Waals surface area contributed by atoms with E-state index in [1.807, 2.05) is 55.4 Å². The third-order valence-corrected chi connectivity index (χ3v) is 10.8. The molecule has 0 unspecified atom stereocenters. The number of esters is 2. The van der Waals surface area contributed by atoms with Crippen molar-refractivity contribution < 1.29 is 29.5 Å². The SMILES string of the molecule is CC1(C)CC(OC(=O)[C@]23[C@H]4[C@@H]5[C@H](C[C@H]42)[C@@]53C(=O)OC2CC(C)(C)N([O])C(C)(C)C2)CC(C)(C)N1[O]. The summed E-state index contributed by atoms with van der Waals surface area (Å²) in [6, 6.07) is 0. The van der Waals surface area contributed by atoms with Gasteiger partial charge in [0.05, 0.1) is 10.8 Å². The van der Waals surface area contributed by atoms with Crippen LogP contribution >= 0.6 is 0 Å². The van der Waals surface area contributed by atoms with E-state index in [9.17, 15) is 20.0 Å². The molecule has 2 saturated heterocycles. The third kappa shape index (κ3) is 2.67. The molecular formula is C27H40N2O6. The molecule has 2 aliphatic heterocycles. The Morgan fingerprint density at radius 1 is 0.600 bits per heavy atom. The first-order valence-corrected chi connectivity index (χ1v) is 13.3. The fourth-order valence-electron chi connectivity index (χ4n) is 9.97. The second-order valence-electron chi connectivity index (χ2n) is 14.9. The van der Waals surface area contributed by atoms with E-state index in [4.69, 9.17) is 9.47 Å². The molecule has 5 aliphatic carbocycles. The van der Waals surface area contributed by atoms with Gasteiger partial charge in [0.25, 0.3) is 0 Å². The van der Waals surface area contributed by atoms with Gasteiger partial charge < -0.3 is 9.47 Å². The molecule has 0 aromatic carbocycles. The Balaban J connectivity index is 1.19. The molecule has 0 aromatic heterocycles. The van der Waals surface area contributed by atoms with Gasteiger partial charge in [-0.05, 0) is 85.5 Å². The highest BCUT2D eigenvalue weighted by atomic mass is 16.6. The van der Waals surface area contributed by atoms with Crippen LogP contribution in [0.4, 0.5) is 0 Å². The maximum Gasteiger partial charge on any atom is 0.314 e. The van der Waals surface area contributed by atoms with Gasteiger partial charge in [0.2, 0.25) is 0 Å². The van der Waals surface area contributed by atoms with E-state index in [-0.39, 0.29) is 47.8 Å². The molecule has 5 saturated carbocycles. The standard InChI is InChI=1S/C27H40N2O6/c1-22(2)10-14(11-23(3,4)28(22)32)34-20(30)26-16-9-17-19(18(16)26)27(17,26)21(31)35-15-12-24(5,6)29(33)25(7,8)13-15/h14-19H,9-13H2,1-8H3/t16-,17+,18-,19+,26-,27+. The summed E-state index contributed by atoms with van der Waals surface area (Å²) >= 11 is 0. The molecule has 8 nitrogen and oxygen atoms in total. The number of rotatable bonds is 4. The molecule has 2 heterocycles. The molecule has 0 N–H and O–H groups in total. The molecule has 8 heteroatoms. The lowest BCUT2D eigenvalue weighted by Crippen LogP contribution is -2.61. The average molecular weight is 489 g/mol. The smallest absolute Gasteiger partial charge is 0.314 e. The van der Waals surface area contributed by atoms with Crippen molar-refractivity contribution in [1.29, 1.82) is 0 Å². The molecule has 0 amide bonds. The maximum absolute atomic E-state index is 13.7. The topological polar surface area (TPSA) is 98.9 Å². The molecule has 194 valence electrons. The minimum absolute atomic E-state index is 0.231. The lowest BCUT2D eigenvalue weighted by molar-refractivity contribution is -0.300. The molecule has 2 radical (unpaired) electrons. The highest BCUT2D eigenvalue weighted by molar-refractivity contribution is 6.01. The largest absolute Gasteiger partial charge is 0.462 e. The zero-order valence-corrected chi connectivity index (χ0v) is 22.3. The van der Waals surface area contributed by atoms with E-state index in [0.717, 1.165) is 16.5 Å². The van der Waals surface area contributed by atoms with Crippen LogP contribution in [0.1, 0.15) is 87.5 Å². The van der Waals surface area contributed by atoms with Crippen LogP contribution in [0.3, 0.4) is 0 Å². The van der Waals surface area contributed by atoms with Crippen LogP contribution in [0.5, 0.6) is 0 Å². The zero-order valence-electron chi connectivity index (χ0n) is 22.3. The van der Waals surface area contributed by atoms with Gasteiger partial charge in [-0.1, -0.05) is 0 Å². The summed E-state index contributed by atoms with van der Waals surface area (Å²) in [5, 5.41) is 27.7. The molecule has 0 aromatic rings. The van der Waals surface area contributed by atoms with E-state index in [0.29, 0.717) is 25.7 Å². The molecule has 0 spiro atoms. The van der Waals surface area contributed by atoms with E-state index in [1.165, 1.54) is 0 Å². The van der Waals surface area contributed by atoms with E-state index < -0.39 is 33.0 Å². The van der Waals surface area contributed by atoms with E-state index >= 15 is 0 Å². The van der Waals surface area contributed by atoms with Crippen molar-refractivity contribution >= 4 is 11.9 Å². The van der Waals surface area contributed by atoms with Crippen molar-refractivity contribution in [2.24, 2.45) is 34.5 Å². The summed E-state index contributed by atoms with van der Waals surface area (Å²) in [7, 11) is 0. The molecule has 35 heavy (non-hydrogen) atoms. The van der Waals surface area contributed by atoms with Gasteiger partial charge in [0.1, 0.15) is 12.2 Å². The first-order chi connectivity index (χ1) is 15.9. The Bertz CT molecular complexity index is 874. The number of nitrogens with zero attached hydrogens (tertiary/aromatic N) is 2. The summed E-state index contributed by atoms with van der Waals surface area (Å²) < 4.78 is 12.3. The van der Waals surface area contributed by atoms with Crippen LogP contribution in [0, 0.1) is 34.5 Å². The highest BCUT2D eigenvalue weighted by Gasteiger charge is 3.10. The molecule has 6 atom stereocenters. The fourth-order valence-corrected chi connectivity index (χ4v) is 9.97. The summed E-state index contributed by atoms with van der Waals surface area (Å²) in [5.74, 6) is 0.483. The van der Waals surface area contributed by atoms with Crippen LogP contribution in [-0.4, -0.2) is 56.4 Å². The van der Waals surface area contributed by atoms with Crippen LogP contribution in [0.25, 0.3) is 0 Å². The lowest BCUT2D eigenvalue weighted by atomic mass is 9.71. The van der Waals surface area contributed by atoms with E-state index in [1.54, 1.807) is 0 Å². The first kappa shape index (κ1) is 24.1. The number of ether oxygens (including phenoxy) is 2. The highest BCUT2D eigenvalue weighted by Crippen LogP contribution is 3.05. The molecule has 7 aliphatic rings. The zero-order chi connectivity index (χ0) is 25.7. The molecule has 7 rings (SSSR count). The molecule has 7 fully saturated rings. The second kappa shape index (κ2) is 6.43. The predicted octanol–water partition coefficient (Wildman–Crippen LogP) is 3.69. The Labute approximate surface area is 208 Å². The van der Waals surface area contributed by atoms with Gasteiger partial charge in [-0.15, -0.1) is 20.5 Å². The van der Waals surface area contributed by atoms with Crippen molar-refractivity contribution in [3.63, 3.8) is 0 Å². The number of hydrogen-bond donors (Lipinski definition) is 0. The van der Waals surface area contributed by atoms with E-state index in [2.05, 4.69) is 0 Å². The van der Waals surface area contributed by atoms with Gasteiger partial charge in [0.15, 0.2) is 0 Å². The summed E-state index contributed by atoms with van der Waals surface area (Å²) in [6.45, 7) is 15.2. The number of piperidine rings is 2. The normalized spacial score (nSPS) is 46.3. The fraction of sp³-hybridized carbons (Fsp3) is 0.926. The molecular weight excluding hydrogens is 448 g/mol. The number of carbonyl (C=O) groups excluding carboxylic acids is 2. The lowest BCUT2D eigenvalue weighted by Gasteiger charge is -2.50. The number of hydrogen-bond acceptors (Lipinski definition) is 6. The van der Waals surface area contributed by atoms with Crippen molar-refractivity contribution in [3.8, 4) is 0 Å². The minimum Gasteiger partial charge on any atom is -0.462 e. The summed E-state index contributed by atoms with van der Waals surface area (Å²) in [6.07, 6.45) is 2.18. The van der Waals surface area contributed by atoms with Crippen molar-refractivity contribution in [3.05, 3.63) is 0 Å². The van der Waals surface area contributed by atoms with Gasteiger partial charge in [0, 0.05) is 47.8 Å². The maximum atomic E-state index is 13.7. The second-order valence-corrected chi connectivity index (χ2v) is 14.9. The average Bonchev–Trinajstić information content (AvgIpc) is 3.33. The Morgan fingerprint density at radius 2 is 0.886 bits per heavy atom. The van der Waals surface area contributed by atoms with Crippen LogP contribution in [0.2, 0.25) is 0 Å². The summed E-state index contributed by atoms with van der Waals surface area (Å²) in [4.78, 5) is 27.4. The number of hydroxylamine groups is 4. The summed E-state index contributed by atoms with van der Waals surface area (Å²) in [5.41, 5.74) is -3.92. The van der Waals surface area contributed by atoms with Crippen LogP contribution in [-0.2, 0) is 29.5 Å². The predicted molar refractivity (Wildman–Crippen MR) is 123 cm³/mol. The molecule has 2 bridgehead atoms.